The summed E-state index contributed by atoms with van der Waals surface area (Å²) in [6.07, 6.45) is 7.39. The Morgan fingerprint density at radius 2 is 1.81 bits per heavy atom. The van der Waals surface area contributed by atoms with Crippen molar-refractivity contribution in [1.29, 1.82) is 0 Å². The second-order valence-electron chi connectivity index (χ2n) is 6.82. The Balaban J connectivity index is 1.42. The lowest BCUT2D eigenvalue weighted by molar-refractivity contribution is 0.0732. The first-order valence-corrected chi connectivity index (χ1v) is 9.03. The van der Waals surface area contributed by atoms with Gasteiger partial charge in [0, 0.05) is 37.3 Å². The fraction of sp³-hybridized carbons (Fsp3) is 0.400. The summed E-state index contributed by atoms with van der Waals surface area (Å²) in [5.41, 5.74) is 0.703. The van der Waals surface area contributed by atoms with Gasteiger partial charge in [-0.25, -0.2) is 4.79 Å². The smallest absolute Gasteiger partial charge is 0.322 e. The summed E-state index contributed by atoms with van der Waals surface area (Å²) in [5.74, 6) is 1.51. The van der Waals surface area contributed by atoms with Crippen LogP contribution in [0, 0.1) is 0 Å². The number of rotatable bonds is 4. The number of nitrogens with zero attached hydrogens (tertiary/aromatic N) is 2. The molecule has 2 aliphatic rings. The van der Waals surface area contributed by atoms with Gasteiger partial charge in [0.05, 0.1) is 12.8 Å². The van der Waals surface area contributed by atoms with E-state index in [1.807, 2.05) is 41.3 Å². The highest BCUT2D eigenvalue weighted by molar-refractivity contribution is 5.91. The zero-order valence-electron chi connectivity index (χ0n) is 14.8. The van der Waals surface area contributed by atoms with Gasteiger partial charge in [0.15, 0.2) is 0 Å². The predicted octanol–water partition coefficient (Wildman–Crippen LogP) is 3.70. The number of pyridine rings is 1. The van der Waals surface area contributed by atoms with Gasteiger partial charge in [-0.05, 0) is 37.1 Å². The predicted molar refractivity (Wildman–Crippen MR) is 98.5 cm³/mol. The van der Waals surface area contributed by atoms with Crippen molar-refractivity contribution in [3.05, 3.63) is 48.8 Å². The average Bonchev–Trinajstić information content (AvgIpc) is 2.94. The maximum Gasteiger partial charge on any atom is 0.322 e. The van der Waals surface area contributed by atoms with Gasteiger partial charge in [0.2, 0.25) is 0 Å². The van der Waals surface area contributed by atoms with Crippen LogP contribution in [-0.2, 0) is 0 Å². The molecule has 2 fully saturated rings. The van der Waals surface area contributed by atoms with Crippen molar-refractivity contribution < 1.29 is 14.3 Å². The number of anilines is 1. The third-order valence-electron chi connectivity index (χ3n) is 5.23. The van der Waals surface area contributed by atoms with Crippen LogP contribution in [0.4, 0.5) is 10.5 Å². The van der Waals surface area contributed by atoms with Crippen LogP contribution in [0.1, 0.15) is 25.7 Å². The normalized spacial score (nSPS) is 24.2. The summed E-state index contributed by atoms with van der Waals surface area (Å²) in [6.45, 7) is 0. The summed E-state index contributed by atoms with van der Waals surface area (Å²) < 4.78 is 11.4. The molecule has 0 saturated carbocycles. The first-order valence-electron chi connectivity index (χ1n) is 9.03. The van der Waals surface area contributed by atoms with E-state index in [4.69, 9.17) is 9.47 Å². The first kappa shape index (κ1) is 16.7. The minimum Gasteiger partial charge on any atom is -0.495 e. The largest absolute Gasteiger partial charge is 0.495 e. The Kier molecular flexibility index (Phi) is 4.65. The molecule has 0 aliphatic carbocycles. The number of hydrogen-bond donors (Lipinski definition) is 1. The SMILES string of the molecule is COc1ccccc1NC(=O)N1C2CCC1CC(Oc1ccncc1)C2. The van der Waals surface area contributed by atoms with Crippen LogP contribution in [0.15, 0.2) is 48.8 Å². The number of carbonyl (C=O) groups is 1. The number of piperidine rings is 1. The molecule has 6 nitrogen and oxygen atoms in total. The van der Waals surface area contributed by atoms with Gasteiger partial charge in [0.25, 0.3) is 0 Å². The van der Waals surface area contributed by atoms with E-state index in [0.717, 1.165) is 31.4 Å². The Morgan fingerprint density at radius 1 is 1.12 bits per heavy atom. The highest BCUT2D eigenvalue weighted by atomic mass is 16.5. The molecular formula is C20H23N3O3. The highest BCUT2D eigenvalue weighted by Crippen LogP contribution is 2.38. The molecule has 3 heterocycles. The molecule has 2 aliphatic heterocycles. The van der Waals surface area contributed by atoms with E-state index in [-0.39, 0.29) is 24.2 Å². The third-order valence-corrected chi connectivity index (χ3v) is 5.23. The topological polar surface area (TPSA) is 63.7 Å². The van der Waals surface area contributed by atoms with Crippen molar-refractivity contribution in [3.8, 4) is 11.5 Å². The molecule has 136 valence electrons. The average molecular weight is 353 g/mol. The minimum absolute atomic E-state index is 0.0515. The van der Waals surface area contributed by atoms with Gasteiger partial charge in [-0.1, -0.05) is 12.1 Å². The standard InChI is InChI=1S/C20H23N3O3/c1-25-19-5-3-2-4-18(19)22-20(24)23-14-6-7-15(23)13-17(12-14)26-16-8-10-21-11-9-16/h2-5,8-11,14-15,17H,6-7,12-13H2,1H3,(H,22,24). The third kappa shape index (κ3) is 3.31. The van der Waals surface area contributed by atoms with Crippen molar-refractivity contribution in [3.63, 3.8) is 0 Å². The second kappa shape index (κ2) is 7.23. The molecule has 2 saturated heterocycles. The number of methoxy groups -OCH3 is 1. The molecule has 26 heavy (non-hydrogen) atoms. The lowest BCUT2D eigenvalue weighted by Crippen LogP contribution is -2.50. The van der Waals surface area contributed by atoms with Crippen LogP contribution in [0.5, 0.6) is 11.5 Å². The summed E-state index contributed by atoms with van der Waals surface area (Å²) in [4.78, 5) is 18.9. The van der Waals surface area contributed by atoms with E-state index >= 15 is 0 Å². The van der Waals surface area contributed by atoms with Crippen molar-refractivity contribution in [1.82, 2.24) is 9.88 Å². The fourth-order valence-corrected chi connectivity index (χ4v) is 4.09. The van der Waals surface area contributed by atoms with Crippen LogP contribution >= 0.6 is 0 Å². The van der Waals surface area contributed by atoms with E-state index in [1.54, 1.807) is 19.5 Å². The number of carbonyl (C=O) groups excluding carboxylic acids is 1. The summed E-state index contributed by atoms with van der Waals surface area (Å²) in [5, 5.41) is 3.01. The molecule has 2 unspecified atom stereocenters. The molecule has 2 aromatic rings. The van der Waals surface area contributed by atoms with Gasteiger partial charge >= 0.3 is 6.03 Å². The monoisotopic (exact) mass is 353 g/mol. The molecule has 2 atom stereocenters. The van der Waals surface area contributed by atoms with Gasteiger partial charge in [0.1, 0.15) is 17.6 Å². The molecule has 1 N–H and O–H groups in total. The lowest BCUT2D eigenvalue weighted by Gasteiger charge is -2.38. The van der Waals surface area contributed by atoms with E-state index in [1.165, 1.54) is 0 Å². The van der Waals surface area contributed by atoms with Crippen LogP contribution in [0.3, 0.4) is 0 Å². The Hall–Kier alpha value is -2.76. The number of para-hydroxylation sites is 2. The maximum atomic E-state index is 12.9. The van der Waals surface area contributed by atoms with Crippen molar-refractivity contribution in [2.45, 2.75) is 43.9 Å². The van der Waals surface area contributed by atoms with Crippen molar-refractivity contribution in [2.75, 3.05) is 12.4 Å². The number of urea groups is 1. The number of hydrogen-bond acceptors (Lipinski definition) is 4. The quantitative estimate of drug-likeness (QED) is 0.910. The zero-order valence-corrected chi connectivity index (χ0v) is 14.8. The molecular weight excluding hydrogens is 330 g/mol. The molecule has 2 bridgehead atoms. The molecule has 2 amide bonds. The highest BCUT2D eigenvalue weighted by Gasteiger charge is 2.44. The Labute approximate surface area is 153 Å². The van der Waals surface area contributed by atoms with Crippen molar-refractivity contribution in [2.24, 2.45) is 0 Å². The molecule has 1 aromatic heterocycles. The van der Waals surface area contributed by atoms with E-state index in [0.29, 0.717) is 11.4 Å². The number of amides is 2. The Bertz CT molecular complexity index is 754. The van der Waals surface area contributed by atoms with Gasteiger partial charge in [-0.15, -0.1) is 0 Å². The number of benzene rings is 1. The summed E-state index contributed by atoms with van der Waals surface area (Å²) in [7, 11) is 1.61. The fourth-order valence-electron chi connectivity index (χ4n) is 4.09. The number of ether oxygens (including phenoxy) is 2. The molecule has 0 radical (unpaired) electrons. The second-order valence-corrected chi connectivity index (χ2v) is 6.82. The van der Waals surface area contributed by atoms with Crippen LogP contribution in [0.25, 0.3) is 0 Å². The number of fused-ring (bicyclic) bond motifs is 2. The van der Waals surface area contributed by atoms with Gasteiger partial charge in [-0.3, -0.25) is 4.98 Å². The molecule has 0 spiro atoms. The van der Waals surface area contributed by atoms with Gasteiger partial charge < -0.3 is 19.7 Å². The van der Waals surface area contributed by atoms with Crippen LogP contribution in [0.2, 0.25) is 0 Å². The Morgan fingerprint density at radius 3 is 2.50 bits per heavy atom. The van der Waals surface area contributed by atoms with E-state index < -0.39 is 0 Å². The number of nitrogens with one attached hydrogen (secondary N) is 1. The van der Waals surface area contributed by atoms with E-state index in [9.17, 15) is 4.79 Å². The summed E-state index contributed by atoms with van der Waals surface area (Å²) >= 11 is 0. The first-order chi connectivity index (χ1) is 12.7. The van der Waals surface area contributed by atoms with Gasteiger partial charge in [-0.2, -0.15) is 0 Å². The summed E-state index contributed by atoms with van der Waals surface area (Å²) in [6, 6.07) is 11.6. The maximum absolute atomic E-state index is 12.9. The molecule has 1 aromatic carbocycles. The van der Waals surface area contributed by atoms with Crippen molar-refractivity contribution >= 4 is 11.7 Å². The van der Waals surface area contributed by atoms with Crippen LogP contribution in [-0.4, -0.2) is 41.2 Å². The lowest BCUT2D eigenvalue weighted by atomic mass is 10.00. The van der Waals surface area contributed by atoms with Crippen LogP contribution < -0.4 is 14.8 Å². The molecule has 4 rings (SSSR count). The van der Waals surface area contributed by atoms with E-state index in [2.05, 4.69) is 10.3 Å². The zero-order chi connectivity index (χ0) is 17.9. The minimum atomic E-state index is -0.0515. The molecule has 6 heteroatoms. The number of aromatic nitrogens is 1.